The average Bonchev–Trinajstić information content (AvgIpc) is 3.14. The topological polar surface area (TPSA) is 45.2 Å². The number of thiophene rings is 1. The summed E-state index contributed by atoms with van der Waals surface area (Å²) in [5, 5.41) is 6.15. The van der Waals surface area contributed by atoms with E-state index in [2.05, 4.69) is 30.2 Å². The van der Waals surface area contributed by atoms with Gasteiger partial charge in [-0.05, 0) is 31.7 Å². The summed E-state index contributed by atoms with van der Waals surface area (Å²) < 4.78 is 0. The van der Waals surface area contributed by atoms with Crippen molar-refractivity contribution in [2.24, 2.45) is 0 Å². The molecule has 0 radical (unpaired) electrons. The van der Waals surface area contributed by atoms with Gasteiger partial charge in [-0.25, -0.2) is 9.78 Å². The lowest BCUT2D eigenvalue weighted by molar-refractivity contribution is 0.199. The first-order valence-corrected chi connectivity index (χ1v) is 9.34. The molecular formula is C16H23N3OS2. The van der Waals surface area contributed by atoms with Crippen LogP contribution in [-0.4, -0.2) is 29.0 Å². The van der Waals surface area contributed by atoms with Crippen molar-refractivity contribution >= 4 is 28.7 Å². The highest BCUT2D eigenvalue weighted by Crippen LogP contribution is 2.18. The fourth-order valence-electron chi connectivity index (χ4n) is 2.23. The molecule has 120 valence electrons. The molecule has 0 unspecified atom stereocenters. The molecule has 2 rings (SSSR count). The van der Waals surface area contributed by atoms with Crippen LogP contribution in [0.5, 0.6) is 0 Å². The first-order chi connectivity index (χ1) is 10.6. The number of nitrogens with zero attached hydrogens (tertiary/aromatic N) is 2. The van der Waals surface area contributed by atoms with Crippen molar-refractivity contribution in [2.45, 2.75) is 40.2 Å². The summed E-state index contributed by atoms with van der Waals surface area (Å²) in [6, 6.07) is 4.08. The van der Waals surface area contributed by atoms with Gasteiger partial charge in [0.1, 0.15) is 0 Å². The van der Waals surface area contributed by atoms with E-state index in [0.29, 0.717) is 19.6 Å². The van der Waals surface area contributed by atoms with Gasteiger partial charge in [-0.1, -0.05) is 13.0 Å². The predicted molar refractivity (Wildman–Crippen MR) is 93.7 cm³/mol. The molecule has 0 fully saturated rings. The fraction of sp³-hybridized carbons (Fsp3) is 0.500. The third-order valence-corrected chi connectivity index (χ3v) is 5.42. The zero-order chi connectivity index (χ0) is 15.9. The number of aryl methyl sites for hydroxylation is 2. The van der Waals surface area contributed by atoms with Gasteiger partial charge in [0.25, 0.3) is 0 Å². The van der Waals surface area contributed by atoms with Gasteiger partial charge in [-0.3, -0.25) is 0 Å². The van der Waals surface area contributed by atoms with Gasteiger partial charge < -0.3 is 10.2 Å². The van der Waals surface area contributed by atoms with Gasteiger partial charge in [0.05, 0.1) is 17.2 Å². The van der Waals surface area contributed by atoms with Crippen molar-refractivity contribution in [3.05, 3.63) is 38.0 Å². The summed E-state index contributed by atoms with van der Waals surface area (Å²) in [5.41, 5.74) is 1.18. The molecule has 2 aromatic rings. The van der Waals surface area contributed by atoms with E-state index in [0.717, 1.165) is 17.8 Å². The Morgan fingerprint density at radius 2 is 2.23 bits per heavy atom. The van der Waals surface area contributed by atoms with Crippen LogP contribution in [0.15, 0.2) is 17.5 Å². The highest BCUT2D eigenvalue weighted by molar-refractivity contribution is 7.11. The molecule has 2 aromatic heterocycles. The van der Waals surface area contributed by atoms with Crippen LogP contribution in [0.2, 0.25) is 0 Å². The zero-order valence-electron chi connectivity index (χ0n) is 13.4. The number of urea groups is 1. The van der Waals surface area contributed by atoms with E-state index in [4.69, 9.17) is 0 Å². The molecule has 2 heterocycles. The van der Waals surface area contributed by atoms with Crippen molar-refractivity contribution in [1.82, 2.24) is 15.2 Å². The van der Waals surface area contributed by atoms with Crippen LogP contribution in [0.1, 0.15) is 34.3 Å². The predicted octanol–water partition coefficient (Wildman–Crippen LogP) is 3.85. The number of nitrogens with one attached hydrogen (secondary N) is 1. The first kappa shape index (κ1) is 17.0. The Balaban J connectivity index is 1.80. The lowest BCUT2D eigenvalue weighted by Crippen LogP contribution is -2.40. The summed E-state index contributed by atoms with van der Waals surface area (Å²) in [4.78, 5) is 21.2. The molecule has 2 amide bonds. The number of amides is 2. The second kappa shape index (κ2) is 8.29. The Labute approximate surface area is 140 Å². The third kappa shape index (κ3) is 4.55. The molecule has 0 aliphatic rings. The van der Waals surface area contributed by atoms with Gasteiger partial charge >= 0.3 is 6.03 Å². The van der Waals surface area contributed by atoms with E-state index in [1.807, 2.05) is 23.3 Å². The second-order valence-corrected chi connectivity index (χ2v) is 7.36. The van der Waals surface area contributed by atoms with Crippen LogP contribution in [-0.2, 0) is 19.4 Å². The number of aromatic nitrogens is 1. The van der Waals surface area contributed by atoms with Crippen molar-refractivity contribution in [3.8, 4) is 0 Å². The molecule has 6 heteroatoms. The SMILES string of the molecule is CCc1nc(CCNC(=O)N(CC)Cc2cccs2)sc1C. The van der Waals surface area contributed by atoms with E-state index in [-0.39, 0.29) is 6.03 Å². The standard InChI is InChI=1S/C16H23N3OS2/c1-4-14-12(3)22-15(18-14)8-9-17-16(20)19(5-2)11-13-7-6-10-21-13/h6-7,10H,4-5,8-9,11H2,1-3H3,(H,17,20). The van der Waals surface area contributed by atoms with Crippen molar-refractivity contribution in [1.29, 1.82) is 0 Å². The Kier molecular flexibility index (Phi) is 6.39. The Bertz CT molecular complexity index is 593. The monoisotopic (exact) mass is 337 g/mol. The lowest BCUT2D eigenvalue weighted by atomic mass is 10.3. The normalized spacial score (nSPS) is 10.7. The molecule has 4 nitrogen and oxygen atoms in total. The largest absolute Gasteiger partial charge is 0.338 e. The summed E-state index contributed by atoms with van der Waals surface area (Å²) in [7, 11) is 0. The Hall–Kier alpha value is -1.40. The summed E-state index contributed by atoms with van der Waals surface area (Å²) in [5.74, 6) is 0. The molecule has 0 atom stereocenters. The zero-order valence-corrected chi connectivity index (χ0v) is 15.0. The lowest BCUT2D eigenvalue weighted by Gasteiger charge is -2.20. The summed E-state index contributed by atoms with van der Waals surface area (Å²) >= 11 is 3.42. The highest BCUT2D eigenvalue weighted by atomic mass is 32.1. The van der Waals surface area contributed by atoms with Crippen LogP contribution in [0, 0.1) is 6.92 Å². The van der Waals surface area contributed by atoms with Gasteiger partial charge in [-0.15, -0.1) is 22.7 Å². The number of carbonyl (C=O) groups excluding carboxylic acids is 1. The summed E-state index contributed by atoms with van der Waals surface area (Å²) in [6.07, 6.45) is 1.77. The number of rotatable bonds is 7. The smallest absolute Gasteiger partial charge is 0.317 e. The quantitative estimate of drug-likeness (QED) is 0.834. The highest BCUT2D eigenvalue weighted by Gasteiger charge is 2.12. The molecule has 22 heavy (non-hydrogen) atoms. The van der Waals surface area contributed by atoms with E-state index in [1.165, 1.54) is 15.4 Å². The number of hydrogen-bond acceptors (Lipinski definition) is 4. The number of thiazole rings is 1. The molecule has 1 N–H and O–H groups in total. The Morgan fingerprint density at radius 1 is 1.41 bits per heavy atom. The van der Waals surface area contributed by atoms with Crippen molar-refractivity contribution < 1.29 is 4.79 Å². The maximum absolute atomic E-state index is 12.2. The molecule has 0 aromatic carbocycles. The third-order valence-electron chi connectivity index (χ3n) is 3.48. The number of hydrogen-bond donors (Lipinski definition) is 1. The fourth-order valence-corrected chi connectivity index (χ4v) is 3.97. The molecule has 0 aliphatic heterocycles. The van der Waals surface area contributed by atoms with Gasteiger partial charge in [0.15, 0.2) is 0 Å². The minimum atomic E-state index is -0.0000990. The van der Waals surface area contributed by atoms with Gasteiger partial charge in [0, 0.05) is 29.3 Å². The maximum atomic E-state index is 12.2. The van der Waals surface area contributed by atoms with Crippen LogP contribution in [0.4, 0.5) is 4.79 Å². The van der Waals surface area contributed by atoms with Gasteiger partial charge in [-0.2, -0.15) is 0 Å². The van der Waals surface area contributed by atoms with E-state index >= 15 is 0 Å². The minimum absolute atomic E-state index is 0.0000990. The molecular weight excluding hydrogens is 314 g/mol. The molecule has 0 bridgehead atoms. The number of carbonyl (C=O) groups is 1. The van der Waals surface area contributed by atoms with Crippen LogP contribution >= 0.6 is 22.7 Å². The molecule has 0 aliphatic carbocycles. The molecule has 0 saturated heterocycles. The minimum Gasteiger partial charge on any atom is -0.338 e. The van der Waals surface area contributed by atoms with E-state index in [1.54, 1.807) is 22.7 Å². The van der Waals surface area contributed by atoms with Crippen LogP contribution < -0.4 is 5.32 Å². The van der Waals surface area contributed by atoms with Crippen molar-refractivity contribution in [3.63, 3.8) is 0 Å². The van der Waals surface area contributed by atoms with Crippen LogP contribution in [0.25, 0.3) is 0 Å². The summed E-state index contributed by atoms with van der Waals surface area (Å²) in [6.45, 7) is 8.26. The Morgan fingerprint density at radius 3 is 2.82 bits per heavy atom. The van der Waals surface area contributed by atoms with Gasteiger partial charge in [0.2, 0.25) is 0 Å². The average molecular weight is 338 g/mol. The van der Waals surface area contributed by atoms with Crippen LogP contribution in [0.3, 0.4) is 0 Å². The molecule has 0 saturated carbocycles. The first-order valence-electron chi connectivity index (χ1n) is 7.64. The second-order valence-electron chi connectivity index (χ2n) is 5.04. The van der Waals surface area contributed by atoms with E-state index in [9.17, 15) is 4.79 Å². The van der Waals surface area contributed by atoms with Crippen molar-refractivity contribution in [2.75, 3.05) is 13.1 Å². The van der Waals surface area contributed by atoms with E-state index < -0.39 is 0 Å². The maximum Gasteiger partial charge on any atom is 0.317 e. The molecule has 0 spiro atoms.